The van der Waals surface area contributed by atoms with Crippen molar-refractivity contribution in [1.29, 1.82) is 0 Å². The number of carbonyl (C=O) groups is 1. The predicted molar refractivity (Wildman–Crippen MR) is 99.1 cm³/mol. The minimum absolute atomic E-state index is 0.0143. The van der Waals surface area contributed by atoms with Gasteiger partial charge in [-0.3, -0.25) is 4.79 Å². The van der Waals surface area contributed by atoms with E-state index in [1.807, 2.05) is 34.0 Å². The van der Waals surface area contributed by atoms with E-state index < -0.39 is 0 Å². The number of ether oxygens (including phenoxy) is 1. The molecular weight excluding hydrogens is 342 g/mol. The molecule has 27 heavy (non-hydrogen) atoms. The quantitative estimate of drug-likeness (QED) is 0.707. The summed E-state index contributed by atoms with van der Waals surface area (Å²) < 4.78 is 7.38. The molecule has 1 saturated heterocycles. The van der Waals surface area contributed by atoms with Gasteiger partial charge in [0.25, 0.3) is 0 Å². The number of aromatic nitrogens is 4. The molecule has 3 aromatic rings. The average Bonchev–Trinajstić information content (AvgIpc) is 3.43. The van der Waals surface area contributed by atoms with Gasteiger partial charge in [0, 0.05) is 24.9 Å². The Morgan fingerprint density at radius 1 is 1.11 bits per heavy atom. The Labute approximate surface area is 157 Å². The predicted octanol–water partition coefficient (Wildman–Crippen LogP) is 1.84. The molecule has 138 valence electrons. The molecule has 3 heterocycles. The molecule has 2 aromatic heterocycles. The zero-order valence-electron chi connectivity index (χ0n) is 15.0. The molecule has 2 atom stereocenters. The second kappa shape index (κ2) is 6.74. The smallest absolute Gasteiger partial charge is 0.226 e. The Hall–Kier alpha value is -2.80. The molecule has 7 nitrogen and oxygen atoms in total. The normalized spacial score (nSPS) is 22.1. The highest BCUT2D eigenvalue weighted by atomic mass is 16.5. The summed E-state index contributed by atoms with van der Waals surface area (Å²) >= 11 is 0. The first-order valence-electron chi connectivity index (χ1n) is 9.37. The summed E-state index contributed by atoms with van der Waals surface area (Å²) in [6, 6.07) is 10.2. The van der Waals surface area contributed by atoms with Gasteiger partial charge in [0.05, 0.1) is 31.8 Å². The van der Waals surface area contributed by atoms with E-state index in [2.05, 4.69) is 27.1 Å². The highest BCUT2D eigenvalue weighted by Gasteiger charge is 2.48. The number of amides is 1. The molecule has 1 aliphatic carbocycles. The molecule has 1 amide bonds. The summed E-state index contributed by atoms with van der Waals surface area (Å²) in [5.74, 6) is 0.380. The number of morpholine rings is 1. The maximum Gasteiger partial charge on any atom is 0.226 e. The SMILES string of the molecule is O=C([C@H]1C[C@@H]1c1ncnc2c1ncn2Cc1ccccc1)N1CCOCC1. The zero-order chi connectivity index (χ0) is 18.2. The molecule has 0 N–H and O–H groups in total. The van der Waals surface area contributed by atoms with Crippen molar-refractivity contribution in [3.63, 3.8) is 0 Å². The van der Waals surface area contributed by atoms with Crippen molar-refractivity contribution in [2.45, 2.75) is 18.9 Å². The lowest BCUT2D eigenvalue weighted by molar-refractivity contribution is -0.136. The first-order valence-corrected chi connectivity index (χ1v) is 9.37. The summed E-state index contributed by atoms with van der Waals surface area (Å²) in [6.45, 7) is 3.35. The fraction of sp³-hybridized carbons (Fsp3) is 0.400. The summed E-state index contributed by atoms with van der Waals surface area (Å²) in [5, 5.41) is 0. The number of fused-ring (bicyclic) bond motifs is 1. The summed E-state index contributed by atoms with van der Waals surface area (Å²) in [6.07, 6.45) is 4.25. The fourth-order valence-corrected chi connectivity index (χ4v) is 3.85. The van der Waals surface area contributed by atoms with Crippen LogP contribution in [0.4, 0.5) is 0 Å². The van der Waals surface area contributed by atoms with E-state index in [0.717, 1.165) is 23.3 Å². The minimum Gasteiger partial charge on any atom is -0.378 e. The van der Waals surface area contributed by atoms with Crippen LogP contribution in [0.2, 0.25) is 0 Å². The number of rotatable bonds is 4. The van der Waals surface area contributed by atoms with Crippen LogP contribution in [0.15, 0.2) is 43.0 Å². The van der Waals surface area contributed by atoms with Crippen LogP contribution in [0, 0.1) is 5.92 Å². The van der Waals surface area contributed by atoms with Crippen LogP contribution in [-0.2, 0) is 16.1 Å². The molecule has 0 unspecified atom stereocenters. The van der Waals surface area contributed by atoms with Gasteiger partial charge < -0.3 is 14.2 Å². The van der Waals surface area contributed by atoms with Gasteiger partial charge in [-0.2, -0.15) is 0 Å². The molecule has 5 rings (SSSR count). The number of hydrogen-bond acceptors (Lipinski definition) is 5. The Bertz CT molecular complexity index is 965. The van der Waals surface area contributed by atoms with Crippen molar-refractivity contribution in [2.24, 2.45) is 5.92 Å². The standard InChI is InChI=1S/C20H21N5O2/c26-20(24-6-8-27-9-7-24)16-10-15(16)17-18-19(22-12-21-17)25(13-23-18)11-14-4-2-1-3-5-14/h1-5,12-13,15-16H,6-11H2/t15-,16-/m0/s1. The van der Waals surface area contributed by atoms with E-state index in [0.29, 0.717) is 32.8 Å². The van der Waals surface area contributed by atoms with Gasteiger partial charge in [-0.1, -0.05) is 30.3 Å². The van der Waals surface area contributed by atoms with E-state index in [1.54, 1.807) is 6.33 Å². The second-order valence-corrected chi connectivity index (χ2v) is 7.18. The van der Waals surface area contributed by atoms with E-state index in [1.165, 1.54) is 5.56 Å². The van der Waals surface area contributed by atoms with Crippen LogP contribution in [-0.4, -0.2) is 56.6 Å². The number of carbonyl (C=O) groups excluding carboxylic acids is 1. The van der Waals surface area contributed by atoms with E-state index >= 15 is 0 Å². The molecular formula is C20H21N5O2. The van der Waals surface area contributed by atoms with Crippen molar-refractivity contribution in [1.82, 2.24) is 24.4 Å². The van der Waals surface area contributed by atoms with Gasteiger partial charge >= 0.3 is 0 Å². The zero-order valence-corrected chi connectivity index (χ0v) is 15.0. The van der Waals surface area contributed by atoms with Crippen molar-refractivity contribution in [2.75, 3.05) is 26.3 Å². The first kappa shape index (κ1) is 16.4. The second-order valence-electron chi connectivity index (χ2n) is 7.18. The lowest BCUT2D eigenvalue weighted by atomic mass is 10.2. The van der Waals surface area contributed by atoms with Crippen LogP contribution < -0.4 is 0 Å². The van der Waals surface area contributed by atoms with Gasteiger partial charge in [0.2, 0.25) is 5.91 Å². The van der Waals surface area contributed by atoms with Crippen LogP contribution >= 0.6 is 0 Å². The van der Waals surface area contributed by atoms with E-state index in [4.69, 9.17) is 4.74 Å². The van der Waals surface area contributed by atoms with Gasteiger partial charge in [0.1, 0.15) is 11.8 Å². The van der Waals surface area contributed by atoms with Gasteiger partial charge in [-0.05, 0) is 12.0 Å². The molecule has 0 bridgehead atoms. The van der Waals surface area contributed by atoms with Crippen LogP contribution in [0.5, 0.6) is 0 Å². The molecule has 7 heteroatoms. The summed E-state index contributed by atoms with van der Waals surface area (Å²) in [7, 11) is 0. The number of hydrogen-bond donors (Lipinski definition) is 0. The molecule has 0 spiro atoms. The van der Waals surface area contributed by atoms with Crippen LogP contribution in [0.25, 0.3) is 11.2 Å². The summed E-state index contributed by atoms with van der Waals surface area (Å²) in [5.41, 5.74) is 3.74. The average molecular weight is 363 g/mol. The van der Waals surface area contributed by atoms with Gasteiger partial charge in [-0.15, -0.1) is 0 Å². The highest BCUT2D eigenvalue weighted by Crippen LogP contribution is 2.49. The molecule has 1 aromatic carbocycles. The molecule has 1 saturated carbocycles. The van der Waals surface area contributed by atoms with E-state index in [-0.39, 0.29) is 17.7 Å². The molecule has 2 fully saturated rings. The number of nitrogens with zero attached hydrogens (tertiary/aromatic N) is 5. The van der Waals surface area contributed by atoms with Crippen molar-refractivity contribution in [3.8, 4) is 0 Å². The maximum absolute atomic E-state index is 12.7. The monoisotopic (exact) mass is 363 g/mol. The Balaban J connectivity index is 1.38. The third-order valence-electron chi connectivity index (χ3n) is 5.41. The molecule has 0 radical (unpaired) electrons. The third kappa shape index (κ3) is 3.08. The largest absolute Gasteiger partial charge is 0.378 e. The lowest BCUT2D eigenvalue weighted by Crippen LogP contribution is -2.41. The number of benzene rings is 1. The maximum atomic E-state index is 12.7. The lowest BCUT2D eigenvalue weighted by Gasteiger charge is -2.27. The van der Waals surface area contributed by atoms with Gasteiger partial charge in [-0.25, -0.2) is 15.0 Å². The molecule has 2 aliphatic rings. The third-order valence-corrected chi connectivity index (χ3v) is 5.41. The highest BCUT2D eigenvalue weighted by molar-refractivity contribution is 5.85. The van der Waals surface area contributed by atoms with Crippen molar-refractivity contribution >= 4 is 17.1 Å². The van der Waals surface area contributed by atoms with Crippen molar-refractivity contribution < 1.29 is 9.53 Å². The van der Waals surface area contributed by atoms with Gasteiger partial charge in [0.15, 0.2) is 5.65 Å². The summed E-state index contributed by atoms with van der Waals surface area (Å²) in [4.78, 5) is 28.2. The van der Waals surface area contributed by atoms with Crippen LogP contribution in [0.1, 0.15) is 23.6 Å². The minimum atomic E-state index is 0.0143. The number of imidazole rings is 1. The van der Waals surface area contributed by atoms with E-state index in [9.17, 15) is 4.79 Å². The fourth-order valence-electron chi connectivity index (χ4n) is 3.85. The molecule has 1 aliphatic heterocycles. The van der Waals surface area contributed by atoms with Crippen molar-refractivity contribution in [3.05, 3.63) is 54.2 Å². The Morgan fingerprint density at radius 3 is 2.74 bits per heavy atom. The first-order chi connectivity index (χ1) is 13.3. The van der Waals surface area contributed by atoms with Crippen LogP contribution in [0.3, 0.4) is 0 Å². The Morgan fingerprint density at radius 2 is 1.93 bits per heavy atom. The topological polar surface area (TPSA) is 73.1 Å². The Kier molecular flexibility index (Phi) is 4.09.